The summed E-state index contributed by atoms with van der Waals surface area (Å²) in [6, 6.07) is 7.46. The maximum Gasteiger partial charge on any atom is 0.416 e. The van der Waals surface area contributed by atoms with Crippen molar-refractivity contribution in [1.82, 2.24) is 14.9 Å². The number of aromatic nitrogens is 2. The normalized spacial score (nSPS) is 20.0. The van der Waals surface area contributed by atoms with E-state index in [1.807, 2.05) is 13.8 Å². The highest BCUT2D eigenvalue weighted by atomic mass is 19.4. The summed E-state index contributed by atoms with van der Waals surface area (Å²) in [5, 5.41) is 3.26. The third-order valence-electron chi connectivity index (χ3n) is 5.41. The van der Waals surface area contributed by atoms with Crippen LogP contribution >= 0.6 is 0 Å². The lowest BCUT2D eigenvalue weighted by molar-refractivity contribution is -0.138. The summed E-state index contributed by atoms with van der Waals surface area (Å²) in [6.07, 6.45) is -9.07. The summed E-state index contributed by atoms with van der Waals surface area (Å²) in [6.45, 7) is 5.35. The predicted octanol–water partition coefficient (Wildman–Crippen LogP) is 6.02. The number of hydrogen-bond donors (Lipinski definition) is 1. The van der Waals surface area contributed by atoms with Crippen molar-refractivity contribution in [3.05, 3.63) is 59.4 Å². The number of hydrogen-bond acceptors (Lipinski definition) is 5. The highest BCUT2D eigenvalue weighted by molar-refractivity contribution is 5.91. The van der Waals surface area contributed by atoms with Crippen molar-refractivity contribution in [2.45, 2.75) is 45.0 Å². The fourth-order valence-corrected chi connectivity index (χ4v) is 4.01. The first kappa shape index (κ1) is 24.2. The third kappa shape index (κ3) is 5.58. The number of alkyl halides is 6. The topological polar surface area (TPSA) is 50.3 Å². The molecular formula is C23H22F6N4O. The van der Waals surface area contributed by atoms with E-state index in [-0.39, 0.29) is 30.1 Å². The lowest BCUT2D eigenvalue weighted by Crippen LogP contribution is -2.45. The molecule has 11 heteroatoms. The van der Waals surface area contributed by atoms with Gasteiger partial charge in [0.1, 0.15) is 11.6 Å². The first-order valence-corrected chi connectivity index (χ1v) is 10.6. The van der Waals surface area contributed by atoms with Crippen LogP contribution in [-0.2, 0) is 23.6 Å². The number of fused-ring (bicyclic) bond motifs is 1. The summed E-state index contributed by atoms with van der Waals surface area (Å²) in [5.41, 5.74) is -1.26. The van der Waals surface area contributed by atoms with E-state index in [9.17, 15) is 26.3 Å². The second kappa shape index (κ2) is 9.03. The molecule has 5 nitrogen and oxygen atoms in total. The van der Waals surface area contributed by atoms with Crippen molar-refractivity contribution in [2.24, 2.45) is 0 Å². The van der Waals surface area contributed by atoms with E-state index in [0.717, 1.165) is 24.3 Å². The van der Waals surface area contributed by atoms with Crippen LogP contribution in [0, 0.1) is 0 Å². The van der Waals surface area contributed by atoms with Gasteiger partial charge in [-0.3, -0.25) is 4.90 Å². The highest BCUT2D eigenvalue weighted by Crippen LogP contribution is 2.34. The maximum absolute atomic E-state index is 13.3. The molecule has 0 bridgehead atoms. The SMILES string of the molecule is CC1CN(Cc2nc(Nc3ccc(C(F)(F)F)cc3)c3ccc(C(F)(F)F)cc3n2)CC(C)O1. The third-order valence-corrected chi connectivity index (χ3v) is 5.41. The predicted molar refractivity (Wildman–Crippen MR) is 115 cm³/mol. The minimum absolute atomic E-state index is 0.0224. The van der Waals surface area contributed by atoms with Gasteiger partial charge in [0.2, 0.25) is 0 Å². The Morgan fingerprint density at radius 1 is 0.882 bits per heavy atom. The van der Waals surface area contributed by atoms with Crippen LogP contribution in [0.2, 0.25) is 0 Å². The first-order valence-electron chi connectivity index (χ1n) is 10.6. The largest absolute Gasteiger partial charge is 0.416 e. The van der Waals surface area contributed by atoms with Crippen molar-refractivity contribution in [3.63, 3.8) is 0 Å². The Morgan fingerprint density at radius 2 is 1.47 bits per heavy atom. The minimum Gasteiger partial charge on any atom is -0.373 e. The lowest BCUT2D eigenvalue weighted by atomic mass is 10.1. The Bertz CT molecular complexity index is 1150. The molecule has 2 heterocycles. The van der Waals surface area contributed by atoms with Gasteiger partial charge in [-0.2, -0.15) is 26.3 Å². The molecule has 0 radical (unpaired) electrons. The molecule has 2 aromatic carbocycles. The van der Waals surface area contributed by atoms with Gasteiger partial charge in [0.05, 0.1) is 35.4 Å². The molecule has 2 atom stereocenters. The van der Waals surface area contributed by atoms with Crippen LogP contribution in [0.1, 0.15) is 30.8 Å². The number of morpholine rings is 1. The summed E-state index contributed by atoms with van der Waals surface area (Å²) < 4.78 is 84.2. The molecule has 1 aliphatic rings. The summed E-state index contributed by atoms with van der Waals surface area (Å²) in [4.78, 5) is 10.9. The van der Waals surface area contributed by atoms with Gasteiger partial charge in [0.25, 0.3) is 0 Å². The number of benzene rings is 2. The molecule has 1 saturated heterocycles. The molecule has 1 fully saturated rings. The van der Waals surface area contributed by atoms with E-state index < -0.39 is 23.5 Å². The molecule has 0 aliphatic carbocycles. The Morgan fingerprint density at radius 3 is 2.06 bits per heavy atom. The van der Waals surface area contributed by atoms with Crippen molar-refractivity contribution in [3.8, 4) is 0 Å². The van der Waals surface area contributed by atoms with Gasteiger partial charge >= 0.3 is 12.4 Å². The van der Waals surface area contributed by atoms with E-state index in [0.29, 0.717) is 30.0 Å². The van der Waals surface area contributed by atoms with Gasteiger partial charge in [-0.15, -0.1) is 0 Å². The molecule has 3 aromatic rings. The summed E-state index contributed by atoms with van der Waals surface area (Å²) >= 11 is 0. The smallest absolute Gasteiger partial charge is 0.373 e. The van der Waals surface area contributed by atoms with E-state index in [1.165, 1.54) is 18.2 Å². The number of anilines is 2. The lowest BCUT2D eigenvalue weighted by Gasteiger charge is -2.34. The molecule has 182 valence electrons. The second-order valence-corrected chi connectivity index (χ2v) is 8.37. The van der Waals surface area contributed by atoms with E-state index in [1.54, 1.807) is 0 Å². The zero-order chi connectivity index (χ0) is 24.7. The minimum atomic E-state index is -4.55. The Balaban J connectivity index is 1.71. The van der Waals surface area contributed by atoms with Crippen LogP contribution in [0.5, 0.6) is 0 Å². The summed E-state index contributed by atoms with van der Waals surface area (Å²) in [7, 11) is 0. The molecule has 0 spiro atoms. The van der Waals surface area contributed by atoms with Crippen molar-refractivity contribution in [1.29, 1.82) is 0 Å². The van der Waals surface area contributed by atoms with Crippen LogP contribution in [0.3, 0.4) is 0 Å². The number of rotatable bonds is 4. The van der Waals surface area contributed by atoms with Crippen molar-refractivity contribution >= 4 is 22.4 Å². The van der Waals surface area contributed by atoms with E-state index in [2.05, 4.69) is 20.2 Å². The number of nitrogens with zero attached hydrogens (tertiary/aromatic N) is 3. The van der Waals surface area contributed by atoms with Crippen LogP contribution in [0.25, 0.3) is 10.9 Å². The molecule has 0 amide bonds. The quantitative estimate of drug-likeness (QED) is 0.459. The monoisotopic (exact) mass is 484 g/mol. The fraction of sp³-hybridized carbons (Fsp3) is 0.391. The molecule has 4 rings (SSSR count). The van der Waals surface area contributed by atoms with Gasteiger partial charge in [-0.1, -0.05) is 0 Å². The molecule has 2 unspecified atom stereocenters. The molecule has 1 N–H and O–H groups in total. The van der Waals surface area contributed by atoms with Gasteiger partial charge < -0.3 is 10.1 Å². The first-order chi connectivity index (χ1) is 15.9. The Hall–Kier alpha value is -2.92. The van der Waals surface area contributed by atoms with E-state index in [4.69, 9.17) is 4.74 Å². The second-order valence-electron chi connectivity index (χ2n) is 8.37. The zero-order valence-corrected chi connectivity index (χ0v) is 18.3. The number of nitrogens with one attached hydrogen (secondary N) is 1. The molecule has 0 saturated carbocycles. The summed E-state index contributed by atoms with van der Waals surface area (Å²) in [5.74, 6) is 0.505. The molecule has 1 aliphatic heterocycles. The molecule has 34 heavy (non-hydrogen) atoms. The van der Waals surface area contributed by atoms with Crippen molar-refractivity contribution < 1.29 is 31.1 Å². The van der Waals surface area contributed by atoms with Crippen molar-refractivity contribution in [2.75, 3.05) is 18.4 Å². The fourth-order valence-electron chi connectivity index (χ4n) is 4.01. The van der Waals surface area contributed by atoms with Gasteiger partial charge in [0.15, 0.2) is 0 Å². The Kier molecular flexibility index (Phi) is 6.43. The van der Waals surface area contributed by atoms with Crippen LogP contribution in [-0.4, -0.2) is 40.2 Å². The van der Waals surface area contributed by atoms with Crippen LogP contribution < -0.4 is 5.32 Å². The van der Waals surface area contributed by atoms with Gasteiger partial charge in [-0.25, -0.2) is 9.97 Å². The molecule has 1 aromatic heterocycles. The number of halogens is 6. The van der Waals surface area contributed by atoms with E-state index >= 15 is 0 Å². The number of ether oxygens (including phenoxy) is 1. The average Bonchev–Trinajstić information content (AvgIpc) is 2.71. The highest BCUT2D eigenvalue weighted by Gasteiger charge is 2.32. The van der Waals surface area contributed by atoms with Crippen LogP contribution in [0.4, 0.5) is 37.8 Å². The van der Waals surface area contributed by atoms with Gasteiger partial charge in [-0.05, 0) is 56.3 Å². The van der Waals surface area contributed by atoms with Gasteiger partial charge in [0, 0.05) is 24.2 Å². The Labute approximate surface area is 191 Å². The molecular weight excluding hydrogens is 462 g/mol. The average molecular weight is 484 g/mol. The standard InChI is InChI=1S/C23H22F6N4O/c1-13-10-33(11-14(2)34-13)12-20-31-19-9-16(23(27,28)29)5-8-18(19)21(32-20)30-17-6-3-15(4-7-17)22(24,25)26/h3-9,13-14H,10-12H2,1-2H3,(H,30,31,32). The van der Waals surface area contributed by atoms with Crippen LogP contribution in [0.15, 0.2) is 42.5 Å². The maximum atomic E-state index is 13.3. The zero-order valence-electron chi connectivity index (χ0n) is 18.3.